The SMILES string of the molecule is C[Si](C)(C)CCOCn1c(-c2ccnc(N)n2)cc2c(-c3ccccc3)ccnc21.C[Si](C)(C)CCOCn1c(-c2ccnc(N)n2)cc2c(Cl)ccnc21.OB(O)c1ccccc1. The molecule has 6 N–H and O–H groups in total. The van der Waals surface area contributed by atoms with E-state index in [1.807, 2.05) is 59.3 Å². The quantitative estimate of drug-likeness (QED) is 0.0601. The van der Waals surface area contributed by atoms with Crippen LogP contribution >= 0.6 is 11.6 Å². The molecular weight excluding hydrogens is 859 g/mol. The van der Waals surface area contributed by atoms with Gasteiger partial charge < -0.3 is 31.0 Å². The zero-order chi connectivity index (χ0) is 45.9. The van der Waals surface area contributed by atoms with Gasteiger partial charge in [-0.1, -0.05) is 112 Å². The standard InChI is InChI=1S/C23H27N5OSi.C17H22ClN5OSi.C6H7BO2/c1-30(2,3)14-13-29-16-28-21(20-10-12-26-23(24)27-20)15-19-18(9-11-25-22(19)28)17-7-5-4-6-8-17;1-25(2,3)9-8-24-11-23-15(14-5-7-21-17(19)22-14)10-12-13(18)4-6-20-16(12)23;8-7(9)6-4-2-1-3-5-6/h4-12,15H,13-14,16H2,1-3H3,(H2,24,26,27);4-7,10H,8-9,11H2,1-3H3,(H2,19,21,22);1-5,8-9H. The molecule has 0 atom stereocenters. The van der Waals surface area contributed by atoms with Crippen molar-refractivity contribution in [3.8, 4) is 33.9 Å². The maximum Gasteiger partial charge on any atom is 0.488 e. The third-order valence-corrected chi connectivity index (χ3v) is 13.8. The third kappa shape index (κ3) is 13.1. The molecule has 8 aromatic rings. The van der Waals surface area contributed by atoms with Crippen LogP contribution in [0.5, 0.6) is 0 Å². The zero-order valence-electron chi connectivity index (χ0n) is 37.2. The molecule has 6 heterocycles. The van der Waals surface area contributed by atoms with Gasteiger partial charge in [-0.2, -0.15) is 0 Å². The lowest BCUT2D eigenvalue weighted by molar-refractivity contribution is 0.0907. The van der Waals surface area contributed by atoms with Gasteiger partial charge in [0, 0.05) is 64.9 Å². The number of nitrogens with zero attached hydrogens (tertiary/aromatic N) is 8. The Balaban J connectivity index is 0.000000180. The van der Waals surface area contributed by atoms with Crippen LogP contribution in [0.4, 0.5) is 11.9 Å². The van der Waals surface area contributed by atoms with Gasteiger partial charge in [0.05, 0.1) is 27.8 Å². The van der Waals surface area contributed by atoms with Crippen LogP contribution in [0.2, 0.25) is 56.4 Å². The van der Waals surface area contributed by atoms with E-state index in [0.29, 0.717) is 23.9 Å². The molecule has 14 nitrogen and oxygen atoms in total. The van der Waals surface area contributed by atoms with Crippen molar-refractivity contribution in [1.29, 1.82) is 0 Å². The first-order valence-corrected chi connectivity index (χ1v) is 28.8. The summed E-state index contributed by atoms with van der Waals surface area (Å²) in [5.41, 5.74) is 19.3. The molecule has 64 heavy (non-hydrogen) atoms. The molecule has 0 amide bonds. The Hall–Kier alpha value is -5.79. The molecule has 18 heteroatoms. The highest BCUT2D eigenvalue weighted by atomic mass is 35.5. The van der Waals surface area contributed by atoms with Gasteiger partial charge in [-0.3, -0.25) is 9.13 Å². The fourth-order valence-electron chi connectivity index (χ4n) is 6.55. The van der Waals surface area contributed by atoms with Crippen LogP contribution in [-0.4, -0.2) is 85.6 Å². The molecule has 0 aliphatic rings. The topological polar surface area (TPSA) is 198 Å². The van der Waals surface area contributed by atoms with E-state index >= 15 is 0 Å². The summed E-state index contributed by atoms with van der Waals surface area (Å²) in [6, 6.07) is 32.8. The number of halogens is 1. The monoisotopic (exact) mass is 914 g/mol. The summed E-state index contributed by atoms with van der Waals surface area (Å²) in [5.74, 6) is 0.480. The summed E-state index contributed by atoms with van der Waals surface area (Å²) in [6.45, 7) is 16.3. The Kier molecular flexibility index (Phi) is 16.2. The van der Waals surface area contributed by atoms with Gasteiger partial charge in [-0.05, 0) is 65.1 Å². The lowest BCUT2D eigenvalue weighted by Gasteiger charge is -2.16. The van der Waals surface area contributed by atoms with Crippen molar-refractivity contribution >= 4 is 74.3 Å². The number of anilines is 2. The summed E-state index contributed by atoms with van der Waals surface area (Å²) in [5, 5.41) is 19.7. The second kappa shape index (κ2) is 21.7. The number of hydrogen-bond donors (Lipinski definition) is 4. The average Bonchev–Trinajstić information content (AvgIpc) is 3.84. The second-order valence-corrected chi connectivity index (χ2v) is 29.1. The summed E-state index contributed by atoms with van der Waals surface area (Å²) >= 11 is 6.34. The molecule has 0 spiro atoms. The number of rotatable bonds is 14. The van der Waals surface area contributed by atoms with Crippen molar-refractivity contribution in [2.24, 2.45) is 0 Å². The number of pyridine rings is 2. The third-order valence-electron chi connectivity index (χ3n) is 10.0. The van der Waals surface area contributed by atoms with E-state index in [1.54, 1.807) is 48.9 Å². The first-order chi connectivity index (χ1) is 30.6. The largest absolute Gasteiger partial charge is 0.488 e. The number of nitrogen functional groups attached to an aromatic ring is 2. The van der Waals surface area contributed by atoms with Gasteiger partial charge in [-0.25, -0.2) is 29.9 Å². The summed E-state index contributed by atoms with van der Waals surface area (Å²) in [4.78, 5) is 25.9. The Bertz CT molecular complexity index is 2750. The lowest BCUT2D eigenvalue weighted by Crippen LogP contribution is -2.29. The van der Waals surface area contributed by atoms with Crippen LogP contribution in [0.3, 0.4) is 0 Å². The Morgan fingerprint density at radius 3 is 1.52 bits per heavy atom. The molecule has 0 saturated carbocycles. The number of benzene rings is 2. The first-order valence-electron chi connectivity index (χ1n) is 21.0. The Morgan fingerprint density at radius 2 is 1.05 bits per heavy atom. The van der Waals surface area contributed by atoms with E-state index in [4.69, 9.17) is 42.6 Å². The van der Waals surface area contributed by atoms with Crippen LogP contribution in [0.25, 0.3) is 56.0 Å². The number of hydrogen-bond acceptors (Lipinski definition) is 12. The molecule has 0 radical (unpaired) electrons. The van der Waals surface area contributed by atoms with Crippen LogP contribution in [-0.2, 0) is 22.9 Å². The van der Waals surface area contributed by atoms with Gasteiger partial charge in [0.15, 0.2) is 0 Å². The molecular formula is C46H56BClN10O4Si2. The van der Waals surface area contributed by atoms with Crippen molar-refractivity contribution in [2.45, 2.75) is 64.8 Å². The minimum atomic E-state index is -1.34. The minimum absolute atomic E-state index is 0.230. The average molecular weight is 915 g/mol. The number of fused-ring (bicyclic) bond motifs is 2. The van der Waals surface area contributed by atoms with Crippen molar-refractivity contribution in [3.05, 3.63) is 127 Å². The molecule has 0 fully saturated rings. The van der Waals surface area contributed by atoms with Crippen molar-refractivity contribution in [1.82, 2.24) is 39.0 Å². The molecule has 0 aliphatic carbocycles. The highest BCUT2D eigenvalue weighted by Gasteiger charge is 2.19. The zero-order valence-corrected chi connectivity index (χ0v) is 39.9. The molecule has 6 aromatic heterocycles. The van der Waals surface area contributed by atoms with Crippen LogP contribution in [0.15, 0.2) is 122 Å². The number of aromatic nitrogens is 8. The first kappa shape index (κ1) is 47.7. The fraction of sp³-hybridized carbons (Fsp3) is 0.261. The van der Waals surface area contributed by atoms with E-state index in [1.165, 1.54) is 0 Å². The van der Waals surface area contributed by atoms with Gasteiger partial charge >= 0.3 is 7.12 Å². The summed E-state index contributed by atoms with van der Waals surface area (Å²) in [6.07, 6.45) is 6.86. The van der Waals surface area contributed by atoms with E-state index in [2.05, 4.69) is 92.0 Å². The van der Waals surface area contributed by atoms with Crippen molar-refractivity contribution in [2.75, 3.05) is 24.7 Å². The van der Waals surface area contributed by atoms with Crippen molar-refractivity contribution < 1.29 is 19.5 Å². The normalized spacial score (nSPS) is 11.5. The van der Waals surface area contributed by atoms with E-state index in [-0.39, 0.29) is 11.9 Å². The fourth-order valence-corrected chi connectivity index (χ4v) is 8.26. The molecule has 0 unspecified atom stereocenters. The molecule has 0 saturated heterocycles. The van der Waals surface area contributed by atoms with Gasteiger partial charge in [0.2, 0.25) is 11.9 Å². The maximum atomic E-state index is 8.58. The van der Waals surface area contributed by atoms with Gasteiger partial charge in [0.25, 0.3) is 0 Å². The van der Waals surface area contributed by atoms with Crippen LogP contribution in [0.1, 0.15) is 0 Å². The van der Waals surface area contributed by atoms with Crippen LogP contribution < -0.4 is 16.9 Å². The second-order valence-electron chi connectivity index (χ2n) is 17.5. The van der Waals surface area contributed by atoms with E-state index in [9.17, 15) is 0 Å². The lowest BCUT2D eigenvalue weighted by atomic mass is 9.81. The Morgan fingerprint density at radius 1 is 0.594 bits per heavy atom. The predicted octanol–water partition coefficient (Wildman–Crippen LogP) is 8.46. The molecule has 0 bridgehead atoms. The number of ether oxygens (including phenoxy) is 2. The van der Waals surface area contributed by atoms with Gasteiger partial charge in [-0.15, -0.1) is 0 Å². The van der Waals surface area contributed by atoms with E-state index < -0.39 is 23.3 Å². The number of nitrogens with two attached hydrogens (primary N) is 2. The van der Waals surface area contributed by atoms with Gasteiger partial charge in [0.1, 0.15) is 24.8 Å². The smallest absolute Gasteiger partial charge is 0.423 e. The highest BCUT2D eigenvalue weighted by Crippen LogP contribution is 2.34. The highest BCUT2D eigenvalue weighted by molar-refractivity contribution is 6.76. The maximum absolute atomic E-state index is 8.58. The molecule has 2 aromatic carbocycles. The predicted molar refractivity (Wildman–Crippen MR) is 265 cm³/mol. The molecule has 8 rings (SSSR count). The summed E-state index contributed by atoms with van der Waals surface area (Å²) in [7, 11) is -3.63. The summed E-state index contributed by atoms with van der Waals surface area (Å²) < 4.78 is 16.1. The molecule has 332 valence electrons. The van der Waals surface area contributed by atoms with E-state index in [0.717, 1.165) is 81.3 Å². The van der Waals surface area contributed by atoms with Crippen LogP contribution in [0, 0.1) is 0 Å². The molecule has 0 aliphatic heterocycles. The van der Waals surface area contributed by atoms with Crippen molar-refractivity contribution in [3.63, 3.8) is 0 Å². The Labute approximate surface area is 381 Å². The minimum Gasteiger partial charge on any atom is -0.423 e.